The Kier molecular flexibility index (Phi) is 3.31. The molecule has 0 bridgehead atoms. The van der Waals surface area contributed by atoms with E-state index < -0.39 is 0 Å². The zero-order chi connectivity index (χ0) is 16.5. The van der Waals surface area contributed by atoms with Crippen LogP contribution in [0.3, 0.4) is 0 Å². The first kappa shape index (κ1) is 14.1. The summed E-state index contributed by atoms with van der Waals surface area (Å²) in [5.41, 5.74) is 3.88. The maximum atomic E-state index is 12.5. The largest absolute Gasteiger partial charge is 0.345 e. The number of aromatic nitrogens is 2. The highest BCUT2D eigenvalue weighted by atomic mass is 16.2. The summed E-state index contributed by atoms with van der Waals surface area (Å²) in [6.07, 6.45) is 4.94. The molecule has 0 unspecified atom stereocenters. The lowest BCUT2D eigenvalue weighted by molar-refractivity contribution is -0.110. The number of ketones is 1. The molecule has 0 radical (unpaired) electrons. The van der Waals surface area contributed by atoms with Gasteiger partial charge in [-0.15, -0.1) is 0 Å². The molecular formula is C19H13N3O2. The highest BCUT2D eigenvalue weighted by Crippen LogP contribution is 2.34. The van der Waals surface area contributed by atoms with E-state index in [0.717, 1.165) is 11.3 Å². The topological polar surface area (TPSA) is 74.8 Å². The number of imidazole rings is 1. The molecule has 1 aliphatic heterocycles. The molecule has 24 heavy (non-hydrogen) atoms. The highest BCUT2D eigenvalue weighted by molar-refractivity contribution is 6.35. The van der Waals surface area contributed by atoms with Crippen LogP contribution < -0.4 is 5.32 Å². The highest BCUT2D eigenvalue weighted by Gasteiger charge is 2.25. The van der Waals surface area contributed by atoms with Crippen LogP contribution in [-0.4, -0.2) is 21.7 Å². The van der Waals surface area contributed by atoms with Gasteiger partial charge in [-0.1, -0.05) is 42.5 Å². The van der Waals surface area contributed by atoms with Crippen LogP contribution in [0, 0.1) is 0 Å². The normalized spacial score (nSPS) is 14.5. The predicted octanol–water partition coefficient (Wildman–Crippen LogP) is 3.13. The molecule has 116 valence electrons. The van der Waals surface area contributed by atoms with E-state index in [1.807, 2.05) is 18.2 Å². The average molecular weight is 315 g/mol. The van der Waals surface area contributed by atoms with E-state index in [-0.39, 0.29) is 11.7 Å². The smallest absolute Gasteiger partial charge is 0.256 e. The number of rotatable bonds is 3. The second-order valence-electron chi connectivity index (χ2n) is 5.47. The summed E-state index contributed by atoms with van der Waals surface area (Å²) in [5, 5.41) is 2.81. The lowest BCUT2D eigenvalue weighted by Gasteiger charge is -2.04. The molecule has 0 fully saturated rings. The van der Waals surface area contributed by atoms with Crippen LogP contribution in [0.4, 0.5) is 5.69 Å². The van der Waals surface area contributed by atoms with Crippen molar-refractivity contribution in [3.63, 3.8) is 0 Å². The van der Waals surface area contributed by atoms with Gasteiger partial charge < -0.3 is 10.3 Å². The van der Waals surface area contributed by atoms with Gasteiger partial charge in [0.15, 0.2) is 5.78 Å². The van der Waals surface area contributed by atoms with Crippen molar-refractivity contribution >= 4 is 29.0 Å². The Morgan fingerprint density at radius 2 is 1.88 bits per heavy atom. The first-order chi connectivity index (χ1) is 11.7. The summed E-state index contributed by atoms with van der Waals surface area (Å²) >= 11 is 0. The molecule has 1 aromatic heterocycles. The minimum atomic E-state index is -0.191. The Morgan fingerprint density at radius 1 is 1.04 bits per heavy atom. The monoisotopic (exact) mass is 315 g/mol. The molecule has 0 saturated heterocycles. The number of benzene rings is 2. The first-order valence-electron chi connectivity index (χ1n) is 7.48. The number of hydrogen-bond donors (Lipinski definition) is 2. The van der Waals surface area contributed by atoms with Gasteiger partial charge in [-0.3, -0.25) is 9.59 Å². The average Bonchev–Trinajstić information content (AvgIpc) is 3.23. The van der Waals surface area contributed by atoms with Gasteiger partial charge in [0.1, 0.15) is 0 Å². The maximum absolute atomic E-state index is 12.5. The van der Waals surface area contributed by atoms with Crippen LogP contribution in [0.5, 0.6) is 0 Å². The Hall–Kier alpha value is -3.47. The van der Waals surface area contributed by atoms with Crippen molar-refractivity contribution in [3.8, 4) is 0 Å². The molecule has 0 saturated carbocycles. The van der Waals surface area contributed by atoms with E-state index >= 15 is 0 Å². The Bertz CT molecular complexity index is 958. The number of H-pyrrole nitrogens is 1. The molecule has 2 aromatic carbocycles. The van der Waals surface area contributed by atoms with Crippen molar-refractivity contribution in [2.75, 3.05) is 5.32 Å². The fourth-order valence-corrected chi connectivity index (χ4v) is 2.74. The SMILES string of the molecule is O=C1Nc2cc(C(=O)c3ccccc3)ccc2C1=Cc1cnc[nH]1. The molecule has 0 spiro atoms. The van der Waals surface area contributed by atoms with Crippen molar-refractivity contribution < 1.29 is 9.59 Å². The van der Waals surface area contributed by atoms with Crippen molar-refractivity contribution in [3.05, 3.63) is 83.4 Å². The molecular weight excluding hydrogens is 302 g/mol. The fraction of sp³-hybridized carbons (Fsp3) is 0. The van der Waals surface area contributed by atoms with Crippen molar-refractivity contribution in [1.29, 1.82) is 0 Å². The summed E-state index contributed by atoms with van der Waals surface area (Å²) in [4.78, 5) is 31.6. The van der Waals surface area contributed by atoms with Gasteiger partial charge in [0.25, 0.3) is 5.91 Å². The second kappa shape index (κ2) is 5.62. The number of carbonyl (C=O) groups is 2. The molecule has 5 nitrogen and oxygen atoms in total. The van der Waals surface area contributed by atoms with Crippen LogP contribution in [0.15, 0.2) is 61.1 Å². The van der Waals surface area contributed by atoms with Gasteiger partial charge in [0, 0.05) is 22.4 Å². The van der Waals surface area contributed by atoms with Crippen LogP contribution in [0.2, 0.25) is 0 Å². The molecule has 2 heterocycles. The lowest BCUT2D eigenvalue weighted by Crippen LogP contribution is -2.04. The summed E-state index contributed by atoms with van der Waals surface area (Å²) in [6.45, 7) is 0. The van der Waals surface area contributed by atoms with E-state index in [4.69, 9.17) is 0 Å². The van der Waals surface area contributed by atoms with Crippen molar-refractivity contribution in [2.24, 2.45) is 0 Å². The number of nitrogens with one attached hydrogen (secondary N) is 2. The number of carbonyl (C=O) groups excluding carboxylic acids is 2. The minimum Gasteiger partial charge on any atom is -0.345 e. The van der Waals surface area contributed by atoms with Gasteiger partial charge in [-0.2, -0.15) is 0 Å². The molecule has 2 N–H and O–H groups in total. The Labute approximate surface area is 138 Å². The molecule has 1 aliphatic rings. The van der Waals surface area contributed by atoms with Crippen LogP contribution in [0.1, 0.15) is 27.2 Å². The van der Waals surface area contributed by atoms with E-state index in [9.17, 15) is 9.59 Å². The molecule has 0 atom stereocenters. The van der Waals surface area contributed by atoms with Crippen LogP contribution in [-0.2, 0) is 4.79 Å². The summed E-state index contributed by atoms with van der Waals surface area (Å²) < 4.78 is 0. The standard InChI is InChI=1S/C19H13N3O2/c23-18(12-4-2-1-3-5-12)13-6-7-15-16(9-14-10-20-11-21-14)19(24)22-17(15)8-13/h1-11H,(H,20,21)(H,22,24). The second-order valence-corrected chi connectivity index (χ2v) is 5.47. The van der Waals surface area contributed by atoms with Crippen molar-refractivity contribution in [2.45, 2.75) is 0 Å². The molecule has 4 rings (SSSR count). The van der Waals surface area contributed by atoms with E-state index in [1.165, 1.54) is 0 Å². The predicted molar refractivity (Wildman–Crippen MR) is 91.4 cm³/mol. The van der Waals surface area contributed by atoms with Gasteiger partial charge in [-0.05, 0) is 12.1 Å². The zero-order valence-electron chi connectivity index (χ0n) is 12.6. The summed E-state index contributed by atoms with van der Waals surface area (Å²) in [7, 11) is 0. The van der Waals surface area contributed by atoms with E-state index in [0.29, 0.717) is 22.4 Å². The Balaban J connectivity index is 1.72. The number of fused-ring (bicyclic) bond motifs is 1. The molecule has 0 aliphatic carbocycles. The van der Waals surface area contributed by atoms with Gasteiger partial charge >= 0.3 is 0 Å². The number of amides is 1. The zero-order valence-corrected chi connectivity index (χ0v) is 12.6. The fourth-order valence-electron chi connectivity index (χ4n) is 2.74. The third kappa shape index (κ3) is 2.42. The molecule has 1 amide bonds. The molecule has 3 aromatic rings. The minimum absolute atomic E-state index is 0.0707. The van der Waals surface area contributed by atoms with E-state index in [1.54, 1.807) is 48.9 Å². The van der Waals surface area contributed by atoms with Crippen molar-refractivity contribution in [1.82, 2.24) is 9.97 Å². The third-order valence-electron chi connectivity index (χ3n) is 3.92. The van der Waals surface area contributed by atoms with Crippen LogP contribution in [0.25, 0.3) is 11.6 Å². The molecule has 5 heteroatoms. The number of hydrogen-bond acceptors (Lipinski definition) is 3. The van der Waals surface area contributed by atoms with Gasteiger partial charge in [0.05, 0.1) is 23.8 Å². The van der Waals surface area contributed by atoms with Gasteiger partial charge in [-0.25, -0.2) is 4.98 Å². The summed E-state index contributed by atoms with van der Waals surface area (Å²) in [5.74, 6) is -0.262. The van der Waals surface area contributed by atoms with Crippen LogP contribution >= 0.6 is 0 Å². The number of nitrogens with zero attached hydrogens (tertiary/aromatic N) is 1. The number of aromatic amines is 1. The summed E-state index contributed by atoms with van der Waals surface area (Å²) in [6, 6.07) is 14.3. The quantitative estimate of drug-likeness (QED) is 0.576. The third-order valence-corrected chi connectivity index (χ3v) is 3.92. The maximum Gasteiger partial charge on any atom is 0.256 e. The lowest BCUT2D eigenvalue weighted by atomic mass is 9.99. The van der Waals surface area contributed by atoms with E-state index in [2.05, 4.69) is 15.3 Å². The number of anilines is 1. The van der Waals surface area contributed by atoms with Gasteiger partial charge in [0.2, 0.25) is 0 Å². The first-order valence-corrected chi connectivity index (χ1v) is 7.48. The Morgan fingerprint density at radius 3 is 2.62 bits per heavy atom.